The SMILES string of the molecule is CC1C(C)C2(C)C1C(C)(C)C2(C)C. The second kappa shape index (κ2) is 1.99. The lowest BCUT2D eigenvalue weighted by atomic mass is 9.21. The van der Waals surface area contributed by atoms with Gasteiger partial charge in [-0.1, -0.05) is 48.5 Å². The molecule has 0 nitrogen and oxygen atoms in total. The predicted octanol–water partition coefficient (Wildman–Crippen LogP) is 3.96. The van der Waals surface area contributed by atoms with Crippen LogP contribution in [0, 0.1) is 34.0 Å². The molecule has 0 heterocycles. The Labute approximate surface area is 83.1 Å². The van der Waals surface area contributed by atoms with Crippen molar-refractivity contribution in [3.05, 3.63) is 0 Å². The topological polar surface area (TPSA) is 0 Å². The maximum atomic E-state index is 2.51. The Morgan fingerprint density at radius 3 is 1.69 bits per heavy atom. The van der Waals surface area contributed by atoms with Gasteiger partial charge >= 0.3 is 0 Å². The van der Waals surface area contributed by atoms with Gasteiger partial charge in [0.1, 0.15) is 0 Å². The molecule has 0 bridgehead atoms. The maximum absolute atomic E-state index is 2.51. The van der Waals surface area contributed by atoms with Gasteiger partial charge in [0.15, 0.2) is 0 Å². The van der Waals surface area contributed by atoms with Gasteiger partial charge in [0, 0.05) is 0 Å². The van der Waals surface area contributed by atoms with Gasteiger partial charge in [-0.2, -0.15) is 0 Å². The van der Waals surface area contributed by atoms with Gasteiger partial charge in [0.25, 0.3) is 0 Å². The first-order chi connectivity index (χ1) is 5.69. The summed E-state index contributed by atoms with van der Waals surface area (Å²) in [5, 5.41) is 0. The van der Waals surface area contributed by atoms with Crippen molar-refractivity contribution in [2.24, 2.45) is 34.0 Å². The molecule has 0 radical (unpaired) electrons. The van der Waals surface area contributed by atoms with E-state index in [0.717, 1.165) is 17.8 Å². The molecule has 0 saturated heterocycles. The summed E-state index contributed by atoms with van der Waals surface area (Å²) in [7, 11) is 0. The first kappa shape index (κ1) is 9.55. The molecule has 0 amide bonds. The summed E-state index contributed by atoms with van der Waals surface area (Å²) in [4.78, 5) is 0. The van der Waals surface area contributed by atoms with Crippen molar-refractivity contribution in [2.45, 2.75) is 48.5 Å². The van der Waals surface area contributed by atoms with E-state index in [0.29, 0.717) is 16.2 Å². The zero-order valence-electron chi connectivity index (χ0n) is 10.2. The Morgan fingerprint density at radius 2 is 1.31 bits per heavy atom. The third kappa shape index (κ3) is 0.620. The molecular formula is C13H24. The molecule has 2 saturated carbocycles. The van der Waals surface area contributed by atoms with Gasteiger partial charge in [-0.3, -0.25) is 0 Å². The molecule has 4 atom stereocenters. The second-order valence-corrected chi connectivity index (χ2v) is 6.75. The summed E-state index contributed by atoms with van der Waals surface area (Å²) in [6, 6.07) is 0. The van der Waals surface area contributed by atoms with E-state index < -0.39 is 0 Å². The Hall–Kier alpha value is 0. The fourth-order valence-corrected chi connectivity index (χ4v) is 4.92. The molecule has 0 spiro atoms. The van der Waals surface area contributed by atoms with E-state index in [1.54, 1.807) is 0 Å². The van der Waals surface area contributed by atoms with Gasteiger partial charge in [-0.25, -0.2) is 0 Å². The largest absolute Gasteiger partial charge is 0.0619 e. The van der Waals surface area contributed by atoms with Crippen LogP contribution in [-0.2, 0) is 0 Å². The van der Waals surface area contributed by atoms with Crippen molar-refractivity contribution in [1.82, 2.24) is 0 Å². The van der Waals surface area contributed by atoms with Crippen LogP contribution in [0.3, 0.4) is 0 Å². The van der Waals surface area contributed by atoms with Crippen molar-refractivity contribution >= 4 is 0 Å². The minimum atomic E-state index is 0.524. The van der Waals surface area contributed by atoms with Gasteiger partial charge in [-0.15, -0.1) is 0 Å². The van der Waals surface area contributed by atoms with E-state index in [2.05, 4.69) is 48.5 Å². The lowest BCUT2D eigenvalue weighted by molar-refractivity contribution is -0.357. The summed E-state index contributed by atoms with van der Waals surface area (Å²) in [6.07, 6.45) is 0. The maximum Gasteiger partial charge on any atom is -0.0205 e. The third-order valence-electron chi connectivity index (χ3n) is 6.64. The normalized spacial score (nSPS) is 56.1. The van der Waals surface area contributed by atoms with Gasteiger partial charge in [0.2, 0.25) is 0 Å². The minimum Gasteiger partial charge on any atom is -0.0619 e. The standard InChI is InChI=1S/C13H24/c1-8-9(2)13(7)10(8)11(3,4)12(13,5)6/h8-10H,1-7H3. The molecule has 2 aliphatic carbocycles. The smallest absolute Gasteiger partial charge is 0.0205 e. The average molecular weight is 180 g/mol. The van der Waals surface area contributed by atoms with E-state index in [4.69, 9.17) is 0 Å². The second-order valence-electron chi connectivity index (χ2n) is 6.75. The molecule has 76 valence electrons. The van der Waals surface area contributed by atoms with Crippen molar-refractivity contribution in [3.8, 4) is 0 Å². The molecule has 0 aliphatic heterocycles. The highest BCUT2D eigenvalue weighted by Crippen LogP contribution is 2.83. The molecule has 2 aliphatic rings. The summed E-state index contributed by atoms with van der Waals surface area (Å²) >= 11 is 0. The third-order valence-corrected chi connectivity index (χ3v) is 6.64. The van der Waals surface area contributed by atoms with Crippen LogP contribution < -0.4 is 0 Å². The first-order valence-electron chi connectivity index (χ1n) is 5.69. The molecular weight excluding hydrogens is 156 g/mol. The molecule has 0 aromatic carbocycles. The van der Waals surface area contributed by atoms with Crippen molar-refractivity contribution in [1.29, 1.82) is 0 Å². The van der Waals surface area contributed by atoms with Crippen molar-refractivity contribution in [3.63, 3.8) is 0 Å². The van der Waals surface area contributed by atoms with Gasteiger partial charge in [0.05, 0.1) is 0 Å². The Kier molecular flexibility index (Phi) is 1.46. The van der Waals surface area contributed by atoms with E-state index in [9.17, 15) is 0 Å². The molecule has 0 aromatic rings. The number of hydrogen-bond acceptors (Lipinski definition) is 0. The molecule has 4 unspecified atom stereocenters. The van der Waals surface area contributed by atoms with E-state index >= 15 is 0 Å². The van der Waals surface area contributed by atoms with Crippen LogP contribution in [0.4, 0.5) is 0 Å². The minimum absolute atomic E-state index is 0.524. The average Bonchev–Trinajstić information content (AvgIpc) is 2.02. The zero-order chi connectivity index (χ0) is 10.2. The monoisotopic (exact) mass is 180 g/mol. The Bertz CT molecular complexity index is 249. The van der Waals surface area contributed by atoms with Crippen molar-refractivity contribution in [2.75, 3.05) is 0 Å². The van der Waals surface area contributed by atoms with Gasteiger partial charge < -0.3 is 0 Å². The lowest BCUT2D eigenvalue weighted by Crippen LogP contribution is -2.78. The zero-order valence-corrected chi connectivity index (χ0v) is 10.2. The molecule has 0 N–H and O–H groups in total. The Balaban J connectivity index is 2.38. The lowest BCUT2D eigenvalue weighted by Gasteiger charge is -2.83. The predicted molar refractivity (Wildman–Crippen MR) is 57.5 cm³/mol. The van der Waals surface area contributed by atoms with E-state index in [-0.39, 0.29) is 0 Å². The molecule has 2 fully saturated rings. The highest BCUT2D eigenvalue weighted by Gasteiger charge is 2.78. The molecule has 0 heteroatoms. The number of rotatable bonds is 0. The summed E-state index contributed by atoms with van der Waals surface area (Å²) in [5.41, 5.74) is 1.69. The summed E-state index contributed by atoms with van der Waals surface area (Å²) < 4.78 is 0. The van der Waals surface area contributed by atoms with Gasteiger partial charge in [-0.05, 0) is 34.0 Å². The fourth-order valence-electron chi connectivity index (χ4n) is 4.92. The Morgan fingerprint density at radius 1 is 0.846 bits per heavy atom. The summed E-state index contributed by atoms with van der Waals surface area (Å²) in [5.74, 6) is 2.82. The van der Waals surface area contributed by atoms with Crippen molar-refractivity contribution < 1.29 is 0 Å². The van der Waals surface area contributed by atoms with Crippen LogP contribution in [0.15, 0.2) is 0 Å². The number of hydrogen-bond donors (Lipinski definition) is 0. The van der Waals surface area contributed by atoms with Crippen LogP contribution in [-0.4, -0.2) is 0 Å². The van der Waals surface area contributed by atoms with Crippen LogP contribution in [0.5, 0.6) is 0 Å². The molecule has 13 heavy (non-hydrogen) atoms. The van der Waals surface area contributed by atoms with E-state index in [1.807, 2.05) is 0 Å². The summed E-state index contributed by atoms with van der Waals surface area (Å²) in [6.45, 7) is 17.2. The number of fused-ring (bicyclic) bond motifs is 1. The van der Waals surface area contributed by atoms with E-state index in [1.165, 1.54) is 0 Å². The first-order valence-corrected chi connectivity index (χ1v) is 5.69. The van der Waals surface area contributed by atoms with Crippen LogP contribution >= 0.6 is 0 Å². The van der Waals surface area contributed by atoms with Crippen LogP contribution in [0.25, 0.3) is 0 Å². The molecule has 0 aromatic heterocycles. The van der Waals surface area contributed by atoms with Crippen LogP contribution in [0.2, 0.25) is 0 Å². The highest BCUT2D eigenvalue weighted by molar-refractivity contribution is 5.25. The fraction of sp³-hybridized carbons (Fsp3) is 1.00. The van der Waals surface area contributed by atoms with Crippen LogP contribution in [0.1, 0.15) is 48.5 Å². The quantitative estimate of drug-likeness (QED) is 0.529. The molecule has 2 rings (SSSR count). The highest BCUT2D eigenvalue weighted by atomic mass is 14.8.